The summed E-state index contributed by atoms with van der Waals surface area (Å²) in [4.78, 5) is 12.7. The molecule has 1 aliphatic heterocycles. The van der Waals surface area contributed by atoms with E-state index in [2.05, 4.69) is 15.5 Å². The van der Waals surface area contributed by atoms with Crippen molar-refractivity contribution in [1.29, 1.82) is 0 Å². The number of nitrogens with zero attached hydrogens (tertiary/aromatic N) is 2. The Labute approximate surface area is 128 Å². The first kappa shape index (κ1) is 14.7. The molecule has 1 saturated carbocycles. The minimum atomic E-state index is -0.959. The van der Waals surface area contributed by atoms with Crippen LogP contribution in [0.1, 0.15) is 26.7 Å². The molecule has 3 atom stereocenters. The number of rotatable bonds is 2. The molecular weight excluding hydrogens is 292 g/mol. The van der Waals surface area contributed by atoms with Gasteiger partial charge in [-0.15, -0.1) is 10.2 Å². The van der Waals surface area contributed by atoms with Gasteiger partial charge in [0.25, 0.3) is 0 Å². The van der Waals surface area contributed by atoms with Gasteiger partial charge in [0.1, 0.15) is 5.54 Å². The standard InChI is InChI=1S/C14H19ClN4O2/c1-13(2)11-8(4-3-7-21-11)14(13,16)12(20)17-10-6-5-9(15)18-19-10/h5-6,8,11H,3-4,7,16H2,1-2H3,(H,17,19,20). The normalized spacial score (nSPS) is 33.7. The van der Waals surface area contributed by atoms with Crippen LogP contribution in [-0.2, 0) is 9.53 Å². The van der Waals surface area contributed by atoms with E-state index in [1.165, 1.54) is 0 Å². The van der Waals surface area contributed by atoms with Crippen molar-refractivity contribution in [3.05, 3.63) is 17.3 Å². The zero-order valence-electron chi connectivity index (χ0n) is 12.1. The summed E-state index contributed by atoms with van der Waals surface area (Å²) in [5.41, 5.74) is 5.12. The van der Waals surface area contributed by atoms with Gasteiger partial charge in [0.05, 0.1) is 6.10 Å². The maximum Gasteiger partial charge on any atom is 0.246 e. The van der Waals surface area contributed by atoms with Crippen molar-refractivity contribution in [3.8, 4) is 0 Å². The van der Waals surface area contributed by atoms with Crippen LogP contribution in [0.3, 0.4) is 0 Å². The Hall–Kier alpha value is -1.24. The van der Waals surface area contributed by atoms with Crippen LogP contribution in [0.2, 0.25) is 5.15 Å². The average molecular weight is 311 g/mol. The van der Waals surface area contributed by atoms with E-state index >= 15 is 0 Å². The smallest absolute Gasteiger partial charge is 0.246 e. The zero-order chi connectivity index (χ0) is 15.3. The van der Waals surface area contributed by atoms with Gasteiger partial charge < -0.3 is 15.8 Å². The summed E-state index contributed by atoms with van der Waals surface area (Å²) in [7, 11) is 0. The van der Waals surface area contributed by atoms with Crippen LogP contribution in [0, 0.1) is 11.3 Å². The predicted molar refractivity (Wildman–Crippen MR) is 78.8 cm³/mol. The molecule has 0 aromatic carbocycles. The van der Waals surface area contributed by atoms with Crippen LogP contribution in [0.5, 0.6) is 0 Å². The highest BCUT2D eigenvalue weighted by atomic mass is 35.5. The second kappa shape index (κ2) is 4.90. The van der Waals surface area contributed by atoms with Crippen molar-refractivity contribution >= 4 is 23.3 Å². The lowest BCUT2D eigenvalue weighted by Gasteiger charge is -2.65. The molecule has 0 spiro atoms. The summed E-state index contributed by atoms with van der Waals surface area (Å²) < 4.78 is 5.80. The van der Waals surface area contributed by atoms with Gasteiger partial charge in [-0.05, 0) is 25.0 Å². The first-order valence-corrected chi connectivity index (χ1v) is 7.46. The van der Waals surface area contributed by atoms with Crippen molar-refractivity contribution in [2.75, 3.05) is 11.9 Å². The molecule has 0 bridgehead atoms. The molecule has 2 heterocycles. The van der Waals surface area contributed by atoms with E-state index in [-0.39, 0.29) is 23.1 Å². The Balaban J connectivity index is 1.81. The largest absolute Gasteiger partial charge is 0.377 e. The summed E-state index contributed by atoms with van der Waals surface area (Å²) in [6, 6.07) is 3.18. The monoisotopic (exact) mass is 310 g/mol. The Kier molecular flexibility index (Phi) is 3.43. The van der Waals surface area contributed by atoms with Crippen LogP contribution in [-0.4, -0.2) is 34.4 Å². The third kappa shape index (κ3) is 2.05. The Morgan fingerprint density at radius 3 is 2.90 bits per heavy atom. The Bertz CT molecular complexity index is 563. The third-order valence-electron chi connectivity index (χ3n) is 4.93. The fraction of sp³-hybridized carbons (Fsp3) is 0.643. The van der Waals surface area contributed by atoms with Gasteiger partial charge in [-0.25, -0.2) is 0 Å². The fourth-order valence-corrected chi connectivity index (χ4v) is 3.74. The first-order chi connectivity index (χ1) is 9.87. The predicted octanol–water partition coefficient (Wildman–Crippen LogP) is 1.60. The molecule has 3 rings (SSSR count). The molecule has 7 heteroatoms. The van der Waals surface area contributed by atoms with Gasteiger partial charge in [-0.1, -0.05) is 25.4 Å². The van der Waals surface area contributed by atoms with Crippen LogP contribution in [0.25, 0.3) is 0 Å². The van der Waals surface area contributed by atoms with E-state index in [1.807, 2.05) is 13.8 Å². The summed E-state index contributed by atoms with van der Waals surface area (Å²) in [6.07, 6.45) is 1.88. The molecule has 1 aliphatic carbocycles. The molecule has 1 aromatic rings. The number of nitrogens with two attached hydrogens (primary N) is 1. The first-order valence-electron chi connectivity index (χ1n) is 7.08. The van der Waals surface area contributed by atoms with E-state index < -0.39 is 11.0 Å². The van der Waals surface area contributed by atoms with Gasteiger partial charge >= 0.3 is 0 Å². The molecule has 0 radical (unpaired) electrons. The van der Waals surface area contributed by atoms with Crippen LogP contribution < -0.4 is 11.1 Å². The number of hydrogen-bond acceptors (Lipinski definition) is 5. The number of carbonyl (C=O) groups excluding carboxylic acids is 1. The van der Waals surface area contributed by atoms with Crippen molar-refractivity contribution in [2.24, 2.45) is 17.1 Å². The lowest BCUT2D eigenvalue weighted by molar-refractivity contribution is -0.222. The lowest BCUT2D eigenvalue weighted by Crippen LogP contribution is -2.81. The number of carbonyl (C=O) groups is 1. The molecule has 2 fully saturated rings. The number of nitrogens with one attached hydrogen (secondary N) is 1. The number of hydrogen-bond donors (Lipinski definition) is 2. The van der Waals surface area contributed by atoms with Crippen molar-refractivity contribution in [2.45, 2.75) is 38.3 Å². The van der Waals surface area contributed by atoms with Gasteiger partial charge in [0.15, 0.2) is 11.0 Å². The molecule has 21 heavy (non-hydrogen) atoms. The zero-order valence-corrected chi connectivity index (χ0v) is 12.9. The summed E-state index contributed by atoms with van der Waals surface area (Å²) in [5, 5.41) is 10.6. The number of aromatic nitrogens is 2. The fourth-order valence-electron chi connectivity index (χ4n) is 3.64. The van der Waals surface area contributed by atoms with Crippen LogP contribution in [0.15, 0.2) is 12.1 Å². The quantitative estimate of drug-likeness (QED) is 0.866. The highest BCUT2D eigenvalue weighted by Crippen LogP contribution is 2.57. The molecule has 1 amide bonds. The van der Waals surface area contributed by atoms with Gasteiger partial charge in [0.2, 0.25) is 5.91 Å². The van der Waals surface area contributed by atoms with E-state index in [9.17, 15) is 4.79 Å². The number of ether oxygens (including phenoxy) is 1. The Morgan fingerprint density at radius 1 is 1.48 bits per heavy atom. The topological polar surface area (TPSA) is 90.1 Å². The number of fused-ring (bicyclic) bond motifs is 1. The minimum absolute atomic E-state index is 0.0401. The van der Waals surface area contributed by atoms with E-state index in [4.69, 9.17) is 22.1 Å². The summed E-state index contributed by atoms with van der Waals surface area (Å²) in [6.45, 7) is 4.70. The Morgan fingerprint density at radius 2 is 2.24 bits per heavy atom. The molecule has 3 N–H and O–H groups in total. The van der Waals surface area contributed by atoms with Gasteiger partial charge in [-0.3, -0.25) is 4.79 Å². The summed E-state index contributed by atoms with van der Waals surface area (Å²) in [5.74, 6) is 0.155. The van der Waals surface area contributed by atoms with Crippen LogP contribution in [0.4, 0.5) is 5.82 Å². The second-order valence-corrected chi connectivity index (χ2v) is 6.71. The van der Waals surface area contributed by atoms with Crippen molar-refractivity contribution in [3.63, 3.8) is 0 Å². The van der Waals surface area contributed by atoms with E-state index in [0.29, 0.717) is 5.82 Å². The second-order valence-electron chi connectivity index (χ2n) is 6.33. The molecule has 3 unspecified atom stereocenters. The van der Waals surface area contributed by atoms with Crippen LogP contribution >= 0.6 is 11.6 Å². The van der Waals surface area contributed by atoms with Gasteiger partial charge in [0, 0.05) is 17.9 Å². The van der Waals surface area contributed by atoms with Crippen molar-refractivity contribution in [1.82, 2.24) is 10.2 Å². The molecule has 114 valence electrons. The molecular formula is C14H19ClN4O2. The third-order valence-corrected chi connectivity index (χ3v) is 5.14. The number of amides is 1. The highest BCUT2D eigenvalue weighted by Gasteiger charge is 2.70. The molecule has 1 aromatic heterocycles. The average Bonchev–Trinajstić information content (AvgIpc) is 2.48. The summed E-state index contributed by atoms with van der Waals surface area (Å²) >= 11 is 5.69. The molecule has 6 nitrogen and oxygen atoms in total. The van der Waals surface area contributed by atoms with E-state index in [0.717, 1.165) is 19.4 Å². The number of halogens is 1. The van der Waals surface area contributed by atoms with Gasteiger partial charge in [-0.2, -0.15) is 0 Å². The van der Waals surface area contributed by atoms with Crippen molar-refractivity contribution < 1.29 is 9.53 Å². The van der Waals surface area contributed by atoms with E-state index in [1.54, 1.807) is 12.1 Å². The highest BCUT2D eigenvalue weighted by molar-refractivity contribution is 6.29. The SMILES string of the molecule is CC1(C)C2OCCCC2C1(N)C(=O)Nc1ccc(Cl)nn1. The lowest BCUT2D eigenvalue weighted by atomic mass is 9.46. The minimum Gasteiger partial charge on any atom is -0.377 e. The maximum atomic E-state index is 12.7. The molecule has 2 aliphatic rings. The number of anilines is 1. The molecule has 1 saturated heterocycles. The maximum absolute atomic E-state index is 12.7.